The Morgan fingerprint density at radius 2 is 2.20 bits per heavy atom. The molecule has 1 aliphatic rings. The third kappa shape index (κ3) is 7.45. The molecule has 2 heterocycles. The smallest absolute Gasteiger partial charge is 0.230 e. The molecule has 4 N–H and O–H groups in total. The van der Waals surface area contributed by atoms with Crippen LogP contribution in [0.4, 0.5) is 0 Å². The molecule has 0 radical (unpaired) electrons. The SMILES string of the molecule is CCCNC(=O)CSC1NC(=O)CC(CC(=O)NCc2cccs2)N1. The fourth-order valence-corrected chi connectivity index (χ4v) is 3.90. The second-order valence-electron chi connectivity index (χ2n) is 5.74. The molecule has 25 heavy (non-hydrogen) atoms. The van der Waals surface area contributed by atoms with Gasteiger partial charge in [-0.25, -0.2) is 0 Å². The summed E-state index contributed by atoms with van der Waals surface area (Å²) in [6.07, 6.45) is 1.38. The van der Waals surface area contributed by atoms with E-state index in [1.165, 1.54) is 11.8 Å². The summed E-state index contributed by atoms with van der Waals surface area (Å²) in [6, 6.07) is 3.68. The standard InChI is InChI=1S/C16H24N4O3S2/c1-2-5-17-15(23)10-25-16-19-11(8-14(22)20-16)7-13(21)18-9-12-4-3-6-24-12/h3-4,6,11,16,19H,2,5,7-10H2,1H3,(H,17,23)(H,18,21)(H,20,22). The predicted molar refractivity (Wildman–Crippen MR) is 100 cm³/mol. The van der Waals surface area contributed by atoms with Gasteiger partial charge in [-0.15, -0.1) is 23.1 Å². The highest BCUT2D eigenvalue weighted by Gasteiger charge is 2.27. The number of nitrogens with one attached hydrogen (secondary N) is 4. The molecular formula is C16H24N4O3S2. The van der Waals surface area contributed by atoms with E-state index in [4.69, 9.17) is 0 Å². The highest BCUT2D eigenvalue weighted by molar-refractivity contribution is 8.00. The van der Waals surface area contributed by atoms with Crippen molar-refractivity contribution >= 4 is 40.8 Å². The molecule has 0 bridgehead atoms. The average molecular weight is 385 g/mol. The summed E-state index contributed by atoms with van der Waals surface area (Å²) < 4.78 is 0. The highest BCUT2D eigenvalue weighted by Crippen LogP contribution is 2.14. The Bertz CT molecular complexity index is 580. The van der Waals surface area contributed by atoms with Gasteiger partial charge in [0.15, 0.2) is 0 Å². The molecule has 0 spiro atoms. The van der Waals surface area contributed by atoms with Gasteiger partial charge in [0, 0.05) is 30.3 Å². The molecule has 1 aliphatic heterocycles. The maximum absolute atomic E-state index is 12.1. The number of hydrogen-bond donors (Lipinski definition) is 4. The molecule has 2 atom stereocenters. The van der Waals surface area contributed by atoms with Crippen LogP contribution in [0.15, 0.2) is 17.5 Å². The van der Waals surface area contributed by atoms with Gasteiger partial charge in [-0.1, -0.05) is 13.0 Å². The summed E-state index contributed by atoms with van der Waals surface area (Å²) >= 11 is 2.91. The minimum atomic E-state index is -0.358. The molecule has 1 aromatic heterocycles. The van der Waals surface area contributed by atoms with Crippen LogP contribution in [0.5, 0.6) is 0 Å². The van der Waals surface area contributed by atoms with E-state index in [9.17, 15) is 14.4 Å². The Kier molecular flexibility index (Phi) is 8.23. The molecule has 1 saturated heterocycles. The Morgan fingerprint density at radius 1 is 1.36 bits per heavy atom. The third-order valence-electron chi connectivity index (χ3n) is 3.54. The minimum absolute atomic E-state index is 0.0567. The number of hydrogen-bond acceptors (Lipinski definition) is 6. The monoisotopic (exact) mass is 384 g/mol. The Morgan fingerprint density at radius 3 is 2.92 bits per heavy atom. The van der Waals surface area contributed by atoms with Gasteiger partial charge in [-0.05, 0) is 17.9 Å². The van der Waals surface area contributed by atoms with Crippen LogP contribution in [-0.2, 0) is 20.9 Å². The zero-order valence-corrected chi connectivity index (χ0v) is 15.8. The second kappa shape index (κ2) is 10.4. The zero-order chi connectivity index (χ0) is 18.1. The molecule has 1 aromatic rings. The molecule has 0 aliphatic carbocycles. The molecular weight excluding hydrogens is 360 g/mol. The van der Waals surface area contributed by atoms with Gasteiger partial charge in [-0.2, -0.15) is 0 Å². The minimum Gasteiger partial charge on any atom is -0.355 e. The van der Waals surface area contributed by atoms with Crippen molar-refractivity contribution in [1.29, 1.82) is 0 Å². The topological polar surface area (TPSA) is 99.3 Å². The highest BCUT2D eigenvalue weighted by atomic mass is 32.2. The summed E-state index contributed by atoms with van der Waals surface area (Å²) in [5.74, 6) is -0.0000682. The van der Waals surface area contributed by atoms with E-state index >= 15 is 0 Å². The van der Waals surface area contributed by atoms with E-state index in [0.29, 0.717) is 13.1 Å². The van der Waals surface area contributed by atoms with Crippen molar-refractivity contribution in [3.63, 3.8) is 0 Å². The lowest BCUT2D eigenvalue weighted by Gasteiger charge is -2.30. The van der Waals surface area contributed by atoms with Crippen LogP contribution < -0.4 is 21.3 Å². The van der Waals surface area contributed by atoms with Crippen LogP contribution >= 0.6 is 23.1 Å². The maximum Gasteiger partial charge on any atom is 0.230 e. The molecule has 0 aromatic carbocycles. The number of thiophene rings is 1. The molecule has 1 fully saturated rings. The van der Waals surface area contributed by atoms with Crippen molar-refractivity contribution in [2.75, 3.05) is 12.3 Å². The van der Waals surface area contributed by atoms with Crippen LogP contribution in [0.2, 0.25) is 0 Å². The van der Waals surface area contributed by atoms with E-state index in [0.717, 1.165) is 11.3 Å². The quantitative estimate of drug-likeness (QED) is 0.504. The first-order valence-corrected chi connectivity index (χ1v) is 10.2. The Labute approximate surface area is 155 Å². The van der Waals surface area contributed by atoms with Crippen molar-refractivity contribution < 1.29 is 14.4 Å². The van der Waals surface area contributed by atoms with Gasteiger partial charge in [0.2, 0.25) is 17.7 Å². The van der Waals surface area contributed by atoms with Gasteiger partial charge in [0.1, 0.15) is 5.50 Å². The number of carbonyl (C=O) groups excluding carboxylic acids is 3. The third-order valence-corrected chi connectivity index (χ3v) is 5.43. The van der Waals surface area contributed by atoms with Gasteiger partial charge < -0.3 is 16.0 Å². The number of amides is 3. The Balaban J connectivity index is 1.72. The molecule has 7 nitrogen and oxygen atoms in total. The van der Waals surface area contributed by atoms with Crippen LogP contribution in [0.1, 0.15) is 31.1 Å². The summed E-state index contributed by atoms with van der Waals surface area (Å²) in [7, 11) is 0. The summed E-state index contributed by atoms with van der Waals surface area (Å²) in [6.45, 7) is 3.15. The molecule has 9 heteroatoms. The number of thioether (sulfide) groups is 1. The molecule has 3 amide bonds. The second-order valence-corrected chi connectivity index (χ2v) is 7.86. The van der Waals surface area contributed by atoms with Crippen molar-refractivity contribution in [2.45, 2.75) is 44.3 Å². The fourth-order valence-electron chi connectivity index (χ4n) is 2.33. The van der Waals surface area contributed by atoms with Crippen molar-refractivity contribution in [2.24, 2.45) is 0 Å². The van der Waals surface area contributed by atoms with E-state index in [1.807, 2.05) is 24.4 Å². The Hall–Kier alpha value is -1.58. The van der Waals surface area contributed by atoms with Gasteiger partial charge in [0.25, 0.3) is 0 Å². The van der Waals surface area contributed by atoms with Crippen LogP contribution in [-0.4, -0.2) is 41.6 Å². The zero-order valence-electron chi connectivity index (χ0n) is 14.2. The van der Waals surface area contributed by atoms with Crippen LogP contribution in [0.25, 0.3) is 0 Å². The molecule has 2 rings (SSSR count). The fraction of sp³-hybridized carbons (Fsp3) is 0.562. The summed E-state index contributed by atoms with van der Waals surface area (Å²) in [5, 5.41) is 13.6. The predicted octanol–water partition coefficient (Wildman–Crippen LogP) is 0.776. The molecule has 138 valence electrons. The lowest BCUT2D eigenvalue weighted by atomic mass is 10.1. The van der Waals surface area contributed by atoms with Gasteiger partial charge in [-0.3, -0.25) is 19.7 Å². The largest absolute Gasteiger partial charge is 0.355 e. The number of carbonyl (C=O) groups is 3. The molecule has 2 unspecified atom stereocenters. The van der Waals surface area contributed by atoms with E-state index in [2.05, 4.69) is 21.3 Å². The first kappa shape index (κ1) is 19.7. The number of rotatable bonds is 9. The van der Waals surface area contributed by atoms with Crippen molar-refractivity contribution in [3.8, 4) is 0 Å². The van der Waals surface area contributed by atoms with Gasteiger partial charge in [0.05, 0.1) is 12.3 Å². The van der Waals surface area contributed by atoms with Crippen LogP contribution in [0, 0.1) is 0 Å². The normalized spacial score (nSPS) is 20.0. The lowest BCUT2D eigenvalue weighted by molar-refractivity contribution is -0.125. The average Bonchev–Trinajstić information content (AvgIpc) is 3.09. The molecule has 0 saturated carbocycles. The lowest BCUT2D eigenvalue weighted by Crippen LogP contribution is -2.56. The first-order chi connectivity index (χ1) is 12.1. The first-order valence-electron chi connectivity index (χ1n) is 8.29. The maximum atomic E-state index is 12.1. The summed E-state index contributed by atoms with van der Waals surface area (Å²) in [5.41, 5.74) is -0.358. The van der Waals surface area contributed by atoms with E-state index in [-0.39, 0.29) is 47.9 Å². The van der Waals surface area contributed by atoms with Crippen molar-refractivity contribution in [3.05, 3.63) is 22.4 Å². The van der Waals surface area contributed by atoms with E-state index < -0.39 is 0 Å². The van der Waals surface area contributed by atoms with Crippen LogP contribution in [0.3, 0.4) is 0 Å². The van der Waals surface area contributed by atoms with E-state index in [1.54, 1.807) is 11.3 Å². The summed E-state index contributed by atoms with van der Waals surface area (Å²) in [4.78, 5) is 36.6. The van der Waals surface area contributed by atoms with Gasteiger partial charge >= 0.3 is 0 Å². The van der Waals surface area contributed by atoms with Crippen molar-refractivity contribution in [1.82, 2.24) is 21.3 Å².